The summed E-state index contributed by atoms with van der Waals surface area (Å²) >= 11 is 1.41. The molecule has 3 rings (SSSR count). The third-order valence-corrected chi connectivity index (χ3v) is 4.11. The lowest BCUT2D eigenvalue weighted by molar-refractivity contribution is -0.119. The fourth-order valence-electron chi connectivity index (χ4n) is 2.24. The minimum Gasteiger partial charge on any atom is -0.431 e. The molecule has 2 aromatic rings. The molecule has 1 aliphatic heterocycles. The summed E-state index contributed by atoms with van der Waals surface area (Å²) in [6.45, 7) is 2.30. The Morgan fingerprint density at radius 3 is 2.50 bits per heavy atom. The molecule has 6 nitrogen and oxygen atoms in total. The average molecular weight is 317 g/mol. The summed E-state index contributed by atoms with van der Waals surface area (Å²) < 4.78 is 5.56. The van der Waals surface area contributed by atoms with Gasteiger partial charge in [-0.1, -0.05) is 11.3 Å². The van der Waals surface area contributed by atoms with Gasteiger partial charge >= 0.3 is 0 Å². The first kappa shape index (κ1) is 14.5. The monoisotopic (exact) mass is 317 g/mol. The lowest BCUT2D eigenvalue weighted by Crippen LogP contribution is -2.48. The summed E-state index contributed by atoms with van der Waals surface area (Å²) in [6, 6.07) is 7.02. The van der Waals surface area contributed by atoms with Crippen LogP contribution in [0.15, 0.2) is 35.8 Å². The summed E-state index contributed by atoms with van der Waals surface area (Å²) in [7, 11) is 0. The van der Waals surface area contributed by atoms with Crippen LogP contribution >= 0.6 is 11.3 Å². The van der Waals surface area contributed by atoms with Crippen molar-refractivity contribution in [1.82, 2.24) is 14.8 Å². The van der Waals surface area contributed by atoms with Gasteiger partial charge in [0.25, 0.3) is 11.1 Å². The summed E-state index contributed by atoms with van der Waals surface area (Å²) in [6.07, 6.45) is 2.50. The zero-order valence-corrected chi connectivity index (χ0v) is 12.7. The van der Waals surface area contributed by atoms with Crippen LogP contribution in [0.4, 0.5) is 0 Å². The zero-order valence-electron chi connectivity index (χ0n) is 11.8. The van der Waals surface area contributed by atoms with Gasteiger partial charge < -0.3 is 14.5 Å². The summed E-state index contributed by atoms with van der Waals surface area (Å²) in [4.78, 5) is 30.6. The van der Waals surface area contributed by atoms with Crippen LogP contribution in [-0.2, 0) is 4.79 Å². The number of piperazine rings is 1. The minimum absolute atomic E-state index is 0.0219. The Balaban J connectivity index is 1.62. The van der Waals surface area contributed by atoms with Crippen molar-refractivity contribution in [2.24, 2.45) is 0 Å². The van der Waals surface area contributed by atoms with Gasteiger partial charge in [-0.05, 0) is 24.3 Å². The molecule has 0 spiro atoms. The maximum absolute atomic E-state index is 12.4. The normalized spacial score (nSPS) is 14.7. The highest BCUT2D eigenvalue weighted by Gasteiger charge is 2.21. The van der Waals surface area contributed by atoms with E-state index in [4.69, 9.17) is 4.74 Å². The van der Waals surface area contributed by atoms with Crippen molar-refractivity contribution < 1.29 is 14.3 Å². The highest BCUT2D eigenvalue weighted by atomic mass is 32.1. The molecule has 0 saturated carbocycles. The predicted octanol–water partition coefficient (Wildman–Crippen LogP) is 1.85. The molecule has 2 amide bonds. The lowest BCUT2D eigenvalue weighted by atomic mass is 10.1. The Labute approximate surface area is 131 Å². The number of benzene rings is 1. The van der Waals surface area contributed by atoms with Crippen molar-refractivity contribution in [2.75, 3.05) is 26.2 Å². The van der Waals surface area contributed by atoms with Crippen LogP contribution < -0.4 is 4.74 Å². The molecule has 0 bridgehead atoms. The molecule has 22 heavy (non-hydrogen) atoms. The number of aromatic nitrogens is 1. The topological polar surface area (TPSA) is 62.7 Å². The quantitative estimate of drug-likeness (QED) is 0.807. The van der Waals surface area contributed by atoms with Gasteiger partial charge in [-0.2, -0.15) is 0 Å². The Hall–Kier alpha value is -2.41. The number of nitrogens with zero attached hydrogens (tertiary/aromatic N) is 3. The molecule has 1 aromatic carbocycles. The van der Waals surface area contributed by atoms with E-state index in [2.05, 4.69) is 4.98 Å². The Morgan fingerprint density at radius 1 is 1.18 bits per heavy atom. The summed E-state index contributed by atoms with van der Waals surface area (Å²) in [5.74, 6) is 0.628. The van der Waals surface area contributed by atoms with Gasteiger partial charge in [-0.15, -0.1) is 0 Å². The largest absolute Gasteiger partial charge is 0.431 e. The summed E-state index contributed by atoms with van der Waals surface area (Å²) in [5, 5.41) is 2.41. The van der Waals surface area contributed by atoms with E-state index in [0.717, 1.165) is 6.41 Å². The molecule has 0 N–H and O–H groups in total. The van der Waals surface area contributed by atoms with Crippen LogP contribution in [0.2, 0.25) is 0 Å². The standard InChI is InChI=1S/C15H15N3O3S/c19-11-17-6-8-18(9-7-17)14(20)12-1-3-13(4-2-12)21-15-16-5-10-22-15/h1-5,10-11H,6-9H2. The third kappa shape index (κ3) is 3.25. The number of carbonyl (C=O) groups is 2. The fourth-order valence-corrected chi connectivity index (χ4v) is 2.74. The van der Waals surface area contributed by atoms with Crippen LogP contribution in [0.3, 0.4) is 0 Å². The number of thiazole rings is 1. The molecule has 1 fully saturated rings. The number of carbonyl (C=O) groups excluding carboxylic acids is 2. The Kier molecular flexibility index (Phi) is 4.34. The molecule has 1 aromatic heterocycles. The minimum atomic E-state index is -0.0219. The van der Waals surface area contributed by atoms with Crippen molar-refractivity contribution in [1.29, 1.82) is 0 Å². The van der Waals surface area contributed by atoms with Crippen molar-refractivity contribution in [3.8, 4) is 10.9 Å². The lowest BCUT2D eigenvalue weighted by Gasteiger charge is -2.32. The second-order valence-electron chi connectivity index (χ2n) is 4.86. The van der Waals surface area contributed by atoms with Crippen molar-refractivity contribution >= 4 is 23.7 Å². The SMILES string of the molecule is O=CN1CCN(C(=O)c2ccc(Oc3nccs3)cc2)CC1. The number of hydrogen-bond acceptors (Lipinski definition) is 5. The van der Waals surface area contributed by atoms with Crippen LogP contribution in [0.5, 0.6) is 10.9 Å². The molecule has 1 aliphatic rings. The van der Waals surface area contributed by atoms with E-state index < -0.39 is 0 Å². The second kappa shape index (κ2) is 6.57. The first-order valence-corrected chi connectivity index (χ1v) is 7.80. The zero-order chi connectivity index (χ0) is 15.4. The molecule has 0 unspecified atom stereocenters. The molecule has 0 atom stereocenters. The van der Waals surface area contributed by atoms with Gasteiger partial charge in [-0.3, -0.25) is 9.59 Å². The molecule has 0 aliphatic carbocycles. The first-order chi connectivity index (χ1) is 10.8. The molecule has 7 heteroatoms. The second-order valence-corrected chi connectivity index (χ2v) is 5.72. The maximum Gasteiger partial charge on any atom is 0.278 e. The maximum atomic E-state index is 12.4. The molecular formula is C15H15N3O3S. The van der Waals surface area contributed by atoms with Gasteiger partial charge in [0.05, 0.1) is 0 Å². The van der Waals surface area contributed by atoms with E-state index in [0.29, 0.717) is 42.7 Å². The van der Waals surface area contributed by atoms with Gasteiger partial charge in [0.1, 0.15) is 5.75 Å². The Bertz CT molecular complexity index is 635. The average Bonchev–Trinajstić information content (AvgIpc) is 3.08. The van der Waals surface area contributed by atoms with E-state index in [1.807, 2.05) is 5.38 Å². The van der Waals surface area contributed by atoms with Crippen molar-refractivity contribution in [2.45, 2.75) is 0 Å². The van der Waals surface area contributed by atoms with Gasteiger partial charge in [0.2, 0.25) is 6.41 Å². The summed E-state index contributed by atoms with van der Waals surface area (Å²) in [5.41, 5.74) is 0.617. The first-order valence-electron chi connectivity index (χ1n) is 6.92. The highest BCUT2D eigenvalue weighted by molar-refractivity contribution is 7.11. The molecule has 114 valence electrons. The van der Waals surface area contributed by atoms with Crippen molar-refractivity contribution in [3.05, 3.63) is 41.4 Å². The number of ether oxygens (including phenoxy) is 1. The molecule has 2 heterocycles. The van der Waals surface area contributed by atoms with Gasteiger partial charge in [0, 0.05) is 43.3 Å². The predicted molar refractivity (Wildman–Crippen MR) is 82.2 cm³/mol. The Morgan fingerprint density at radius 2 is 1.91 bits per heavy atom. The van der Waals surface area contributed by atoms with Crippen molar-refractivity contribution in [3.63, 3.8) is 0 Å². The number of amides is 2. The third-order valence-electron chi connectivity index (χ3n) is 3.47. The van der Waals surface area contributed by atoms with E-state index in [9.17, 15) is 9.59 Å². The van der Waals surface area contributed by atoms with Crippen LogP contribution in [0, 0.1) is 0 Å². The van der Waals surface area contributed by atoms with E-state index in [1.54, 1.807) is 40.3 Å². The molecule has 1 saturated heterocycles. The van der Waals surface area contributed by atoms with Crippen LogP contribution in [0.1, 0.15) is 10.4 Å². The van der Waals surface area contributed by atoms with Crippen LogP contribution in [-0.4, -0.2) is 53.3 Å². The van der Waals surface area contributed by atoms with E-state index >= 15 is 0 Å². The smallest absolute Gasteiger partial charge is 0.278 e. The van der Waals surface area contributed by atoms with Crippen LogP contribution in [0.25, 0.3) is 0 Å². The number of rotatable bonds is 4. The van der Waals surface area contributed by atoms with Gasteiger partial charge in [-0.25, -0.2) is 4.98 Å². The fraction of sp³-hybridized carbons (Fsp3) is 0.267. The van der Waals surface area contributed by atoms with E-state index in [-0.39, 0.29) is 5.91 Å². The molecule has 0 radical (unpaired) electrons. The highest BCUT2D eigenvalue weighted by Crippen LogP contribution is 2.23. The van der Waals surface area contributed by atoms with E-state index in [1.165, 1.54) is 11.3 Å². The van der Waals surface area contributed by atoms with Gasteiger partial charge in [0.15, 0.2) is 0 Å². The number of hydrogen-bond donors (Lipinski definition) is 0. The molecular weight excluding hydrogens is 302 g/mol.